The van der Waals surface area contributed by atoms with Gasteiger partial charge < -0.3 is 15.2 Å². The maximum atomic E-state index is 12.4. The van der Waals surface area contributed by atoms with E-state index in [1.807, 2.05) is 56.4 Å². The standard InChI is InChI=1S/C23H27N5O2S/c1-15(2)18-10-5-6-11-19(18)25-21(29)14-31-23-27-26-20(28(23)4)13-24-22(30)17-9-7-8-16(3)12-17/h5-12,15H,13-14H2,1-4H3,(H,24,30)(H,25,29). The highest BCUT2D eigenvalue weighted by Crippen LogP contribution is 2.24. The van der Waals surface area contributed by atoms with Gasteiger partial charge in [0.1, 0.15) is 0 Å². The lowest BCUT2D eigenvalue weighted by molar-refractivity contribution is -0.113. The van der Waals surface area contributed by atoms with Gasteiger partial charge in [-0.3, -0.25) is 9.59 Å². The first-order valence-electron chi connectivity index (χ1n) is 10.1. The minimum absolute atomic E-state index is 0.101. The van der Waals surface area contributed by atoms with E-state index in [0.29, 0.717) is 22.5 Å². The lowest BCUT2D eigenvalue weighted by Crippen LogP contribution is -2.24. The Hall–Kier alpha value is -3.13. The molecule has 7 nitrogen and oxygen atoms in total. The van der Waals surface area contributed by atoms with E-state index in [9.17, 15) is 9.59 Å². The maximum absolute atomic E-state index is 12.4. The number of thioether (sulfide) groups is 1. The second kappa shape index (κ2) is 10.3. The van der Waals surface area contributed by atoms with Crippen molar-refractivity contribution in [3.05, 3.63) is 71.0 Å². The van der Waals surface area contributed by atoms with Crippen molar-refractivity contribution in [2.45, 2.75) is 38.4 Å². The largest absolute Gasteiger partial charge is 0.345 e. The van der Waals surface area contributed by atoms with Crippen LogP contribution >= 0.6 is 11.8 Å². The van der Waals surface area contributed by atoms with Crippen LogP contribution in [0.5, 0.6) is 0 Å². The number of hydrogen-bond donors (Lipinski definition) is 2. The van der Waals surface area contributed by atoms with Crippen LogP contribution in [0.15, 0.2) is 53.7 Å². The van der Waals surface area contributed by atoms with Crippen molar-refractivity contribution in [3.8, 4) is 0 Å². The Bertz CT molecular complexity index is 1080. The summed E-state index contributed by atoms with van der Waals surface area (Å²) < 4.78 is 1.79. The Morgan fingerprint density at radius 1 is 1.10 bits per heavy atom. The smallest absolute Gasteiger partial charge is 0.251 e. The van der Waals surface area contributed by atoms with Crippen molar-refractivity contribution in [2.24, 2.45) is 7.05 Å². The lowest BCUT2D eigenvalue weighted by atomic mass is 10.0. The van der Waals surface area contributed by atoms with Crippen LogP contribution in [0.1, 0.15) is 47.1 Å². The number of rotatable bonds is 8. The number of carbonyl (C=O) groups excluding carboxylic acids is 2. The Morgan fingerprint density at radius 2 is 1.87 bits per heavy atom. The van der Waals surface area contributed by atoms with Crippen LogP contribution in [0.2, 0.25) is 0 Å². The number of nitrogens with one attached hydrogen (secondary N) is 2. The molecule has 1 aromatic heterocycles. The fraction of sp³-hybridized carbons (Fsp3) is 0.304. The maximum Gasteiger partial charge on any atom is 0.251 e. The summed E-state index contributed by atoms with van der Waals surface area (Å²) in [7, 11) is 1.82. The third-order valence-electron chi connectivity index (χ3n) is 4.80. The fourth-order valence-electron chi connectivity index (χ4n) is 3.10. The zero-order chi connectivity index (χ0) is 22.4. The Morgan fingerprint density at radius 3 is 2.61 bits per heavy atom. The molecule has 2 N–H and O–H groups in total. The molecule has 0 spiro atoms. The molecule has 0 atom stereocenters. The number of benzene rings is 2. The van der Waals surface area contributed by atoms with Crippen LogP contribution in [0, 0.1) is 6.92 Å². The molecule has 0 saturated carbocycles. The first-order chi connectivity index (χ1) is 14.8. The normalized spacial score (nSPS) is 10.9. The molecule has 162 valence electrons. The molecule has 0 fully saturated rings. The third kappa shape index (κ3) is 5.95. The first kappa shape index (κ1) is 22.6. The van der Waals surface area contributed by atoms with Crippen molar-refractivity contribution < 1.29 is 9.59 Å². The van der Waals surface area contributed by atoms with Crippen molar-refractivity contribution >= 4 is 29.3 Å². The van der Waals surface area contributed by atoms with E-state index in [2.05, 4.69) is 34.7 Å². The highest BCUT2D eigenvalue weighted by molar-refractivity contribution is 7.99. The monoisotopic (exact) mass is 437 g/mol. The summed E-state index contributed by atoms with van der Waals surface area (Å²) in [6.45, 7) is 6.39. The Labute approximate surface area is 186 Å². The number of nitrogens with zero attached hydrogens (tertiary/aromatic N) is 3. The number of aryl methyl sites for hydroxylation is 1. The van der Waals surface area contributed by atoms with Crippen molar-refractivity contribution in [2.75, 3.05) is 11.1 Å². The molecule has 0 radical (unpaired) electrons. The molecule has 0 bridgehead atoms. The van der Waals surface area contributed by atoms with Crippen molar-refractivity contribution in [1.29, 1.82) is 0 Å². The molecule has 0 aliphatic carbocycles. The van der Waals surface area contributed by atoms with E-state index >= 15 is 0 Å². The summed E-state index contributed by atoms with van der Waals surface area (Å²) in [5.74, 6) is 0.891. The molecule has 1 heterocycles. The van der Waals surface area contributed by atoms with Crippen LogP contribution in [0.25, 0.3) is 0 Å². The molecule has 31 heavy (non-hydrogen) atoms. The number of para-hydroxylation sites is 1. The van der Waals surface area contributed by atoms with E-state index < -0.39 is 0 Å². The predicted molar refractivity (Wildman–Crippen MR) is 123 cm³/mol. The van der Waals surface area contributed by atoms with E-state index in [4.69, 9.17) is 0 Å². The molecule has 3 rings (SSSR count). The average molecular weight is 438 g/mol. The minimum atomic E-state index is -0.163. The number of hydrogen-bond acceptors (Lipinski definition) is 5. The third-order valence-corrected chi connectivity index (χ3v) is 5.82. The van der Waals surface area contributed by atoms with Crippen LogP contribution in [0.4, 0.5) is 5.69 Å². The van der Waals surface area contributed by atoms with Gasteiger partial charge in [-0.15, -0.1) is 10.2 Å². The molecule has 3 aromatic rings. The topological polar surface area (TPSA) is 88.9 Å². The summed E-state index contributed by atoms with van der Waals surface area (Å²) >= 11 is 1.31. The Balaban J connectivity index is 1.54. The molecule has 2 aromatic carbocycles. The molecule has 0 saturated heterocycles. The summed E-state index contributed by atoms with van der Waals surface area (Å²) in [6, 6.07) is 15.2. The highest BCUT2D eigenvalue weighted by atomic mass is 32.2. The van der Waals surface area contributed by atoms with E-state index in [1.54, 1.807) is 10.6 Å². The molecule has 0 aliphatic rings. The van der Waals surface area contributed by atoms with Gasteiger partial charge in [-0.25, -0.2) is 0 Å². The molecule has 8 heteroatoms. The van der Waals surface area contributed by atoms with Crippen molar-refractivity contribution in [3.63, 3.8) is 0 Å². The van der Waals surface area contributed by atoms with Gasteiger partial charge in [0.15, 0.2) is 11.0 Å². The predicted octanol–water partition coefficient (Wildman–Crippen LogP) is 3.91. The van der Waals surface area contributed by atoms with Crippen LogP contribution < -0.4 is 10.6 Å². The minimum Gasteiger partial charge on any atom is -0.345 e. The average Bonchev–Trinajstić information content (AvgIpc) is 3.10. The lowest BCUT2D eigenvalue weighted by Gasteiger charge is -2.13. The number of aromatic nitrogens is 3. The van der Waals surface area contributed by atoms with Gasteiger partial charge in [-0.2, -0.15) is 0 Å². The number of amides is 2. The SMILES string of the molecule is Cc1cccc(C(=O)NCc2nnc(SCC(=O)Nc3ccccc3C(C)C)n2C)c1. The molecule has 2 amide bonds. The first-order valence-corrected chi connectivity index (χ1v) is 11.1. The van der Waals surface area contributed by atoms with Gasteiger partial charge in [0.05, 0.1) is 12.3 Å². The molecular weight excluding hydrogens is 410 g/mol. The van der Waals surface area contributed by atoms with Crippen LogP contribution in [-0.4, -0.2) is 32.3 Å². The molecular formula is C23H27N5O2S. The van der Waals surface area contributed by atoms with Gasteiger partial charge in [0.25, 0.3) is 5.91 Å². The highest BCUT2D eigenvalue weighted by Gasteiger charge is 2.14. The van der Waals surface area contributed by atoms with Crippen molar-refractivity contribution in [1.82, 2.24) is 20.1 Å². The number of anilines is 1. The second-order valence-electron chi connectivity index (χ2n) is 7.59. The molecule has 0 unspecified atom stereocenters. The van der Waals surface area contributed by atoms with Gasteiger partial charge in [-0.05, 0) is 36.6 Å². The summed E-state index contributed by atoms with van der Waals surface area (Å²) in [4.78, 5) is 24.8. The van der Waals surface area contributed by atoms with E-state index in [1.165, 1.54) is 11.8 Å². The fourth-order valence-corrected chi connectivity index (χ4v) is 3.83. The quantitative estimate of drug-likeness (QED) is 0.522. The van der Waals surface area contributed by atoms with E-state index in [-0.39, 0.29) is 24.1 Å². The zero-order valence-electron chi connectivity index (χ0n) is 18.2. The van der Waals surface area contributed by atoms with Crippen LogP contribution in [0.3, 0.4) is 0 Å². The van der Waals surface area contributed by atoms with Gasteiger partial charge >= 0.3 is 0 Å². The summed E-state index contributed by atoms with van der Waals surface area (Å²) in [5.41, 5.74) is 3.57. The molecule has 0 aliphatic heterocycles. The van der Waals surface area contributed by atoms with Gasteiger partial charge in [-0.1, -0.05) is 61.5 Å². The summed E-state index contributed by atoms with van der Waals surface area (Å²) in [6.07, 6.45) is 0. The van der Waals surface area contributed by atoms with Gasteiger partial charge in [0, 0.05) is 18.3 Å². The van der Waals surface area contributed by atoms with Crippen LogP contribution in [-0.2, 0) is 18.4 Å². The second-order valence-corrected chi connectivity index (χ2v) is 8.53. The Kier molecular flexibility index (Phi) is 7.46. The van der Waals surface area contributed by atoms with E-state index in [0.717, 1.165) is 16.8 Å². The zero-order valence-corrected chi connectivity index (χ0v) is 19.0. The summed E-state index contributed by atoms with van der Waals surface area (Å²) in [5, 5.41) is 14.7. The number of carbonyl (C=O) groups is 2. The van der Waals surface area contributed by atoms with Gasteiger partial charge in [0.2, 0.25) is 5.91 Å².